The van der Waals surface area contributed by atoms with Crippen molar-refractivity contribution in [1.29, 1.82) is 0 Å². The van der Waals surface area contributed by atoms with Gasteiger partial charge < -0.3 is 10.8 Å². The highest BCUT2D eigenvalue weighted by Crippen LogP contribution is 2.12. The van der Waals surface area contributed by atoms with Crippen LogP contribution < -0.4 is 5.73 Å². The first-order valence-electron chi connectivity index (χ1n) is 5.33. The summed E-state index contributed by atoms with van der Waals surface area (Å²) in [5, 5.41) is 17.1. The van der Waals surface area contributed by atoms with E-state index in [0.717, 1.165) is 0 Å². The molecule has 0 spiro atoms. The van der Waals surface area contributed by atoms with Gasteiger partial charge in [-0.1, -0.05) is 18.2 Å². The summed E-state index contributed by atoms with van der Waals surface area (Å²) in [7, 11) is 0. The molecule has 0 aliphatic carbocycles. The summed E-state index contributed by atoms with van der Waals surface area (Å²) in [5.41, 5.74) is 6.85. The van der Waals surface area contributed by atoms with Crippen molar-refractivity contribution in [2.24, 2.45) is 15.9 Å². The lowest BCUT2D eigenvalue weighted by Gasteiger charge is -1.96. The van der Waals surface area contributed by atoms with Gasteiger partial charge in [-0.25, -0.2) is 0 Å². The van der Waals surface area contributed by atoms with Crippen LogP contribution in [0.4, 0.5) is 0 Å². The number of phenolic OH excluding ortho intramolecular Hbond substituents is 1. The molecule has 0 radical (unpaired) electrons. The van der Waals surface area contributed by atoms with Crippen LogP contribution >= 0.6 is 0 Å². The molecule has 0 amide bonds. The molecule has 90 valence electrons. The average Bonchev–Trinajstić information content (AvgIpc) is 2.42. The highest BCUT2D eigenvalue weighted by Gasteiger charge is 1.97. The van der Waals surface area contributed by atoms with E-state index in [2.05, 4.69) is 15.2 Å². The number of pyridine rings is 1. The maximum Gasteiger partial charge on any atom is 0.171 e. The molecule has 0 aliphatic heterocycles. The number of rotatable bonds is 3. The van der Waals surface area contributed by atoms with Crippen LogP contribution in [-0.4, -0.2) is 22.1 Å². The largest absolute Gasteiger partial charge is 0.507 e. The molecule has 0 saturated heterocycles. The smallest absolute Gasteiger partial charge is 0.171 e. The van der Waals surface area contributed by atoms with Gasteiger partial charge in [0.05, 0.1) is 6.21 Å². The number of para-hydroxylation sites is 1. The van der Waals surface area contributed by atoms with Crippen molar-refractivity contribution < 1.29 is 5.11 Å². The van der Waals surface area contributed by atoms with E-state index in [1.165, 1.54) is 6.21 Å². The second-order valence-electron chi connectivity index (χ2n) is 3.50. The molecule has 18 heavy (non-hydrogen) atoms. The Hall–Kier alpha value is -2.69. The zero-order valence-electron chi connectivity index (χ0n) is 9.56. The van der Waals surface area contributed by atoms with Gasteiger partial charge in [0.15, 0.2) is 5.84 Å². The standard InChI is InChI=1S/C13H12N4O/c14-13(11-6-3-4-8-15-11)17-16-9-10-5-1-2-7-12(10)18/h1-9,18H,(H2,14,17)/b16-9-. The first-order chi connectivity index (χ1) is 8.77. The van der Waals surface area contributed by atoms with Crippen LogP contribution in [0.3, 0.4) is 0 Å². The minimum absolute atomic E-state index is 0.146. The quantitative estimate of drug-likeness (QED) is 0.484. The van der Waals surface area contributed by atoms with Crippen LogP contribution in [-0.2, 0) is 0 Å². The van der Waals surface area contributed by atoms with E-state index in [4.69, 9.17) is 5.73 Å². The average molecular weight is 240 g/mol. The number of hydrogen-bond acceptors (Lipinski definition) is 4. The molecule has 5 heteroatoms. The van der Waals surface area contributed by atoms with Gasteiger partial charge in [0.2, 0.25) is 0 Å². The van der Waals surface area contributed by atoms with Crippen LogP contribution in [0.25, 0.3) is 0 Å². The molecule has 0 unspecified atom stereocenters. The lowest BCUT2D eigenvalue weighted by atomic mass is 10.2. The first-order valence-corrected chi connectivity index (χ1v) is 5.33. The van der Waals surface area contributed by atoms with E-state index < -0.39 is 0 Å². The van der Waals surface area contributed by atoms with Crippen molar-refractivity contribution in [3.8, 4) is 5.75 Å². The van der Waals surface area contributed by atoms with E-state index in [-0.39, 0.29) is 11.6 Å². The third-order valence-electron chi connectivity index (χ3n) is 2.23. The highest BCUT2D eigenvalue weighted by molar-refractivity contribution is 5.96. The van der Waals surface area contributed by atoms with Crippen molar-refractivity contribution in [2.75, 3.05) is 0 Å². The lowest BCUT2D eigenvalue weighted by Crippen LogP contribution is -2.14. The summed E-state index contributed by atoms with van der Waals surface area (Å²) < 4.78 is 0. The van der Waals surface area contributed by atoms with Gasteiger partial charge in [0.1, 0.15) is 11.4 Å². The maximum absolute atomic E-state index is 9.51. The predicted molar refractivity (Wildman–Crippen MR) is 70.7 cm³/mol. The van der Waals surface area contributed by atoms with Crippen LogP contribution in [0, 0.1) is 0 Å². The van der Waals surface area contributed by atoms with Gasteiger partial charge in [0, 0.05) is 11.8 Å². The molecule has 3 N–H and O–H groups in total. The van der Waals surface area contributed by atoms with Gasteiger partial charge in [-0.2, -0.15) is 5.10 Å². The van der Waals surface area contributed by atoms with Crippen molar-refractivity contribution >= 4 is 12.1 Å². The van der Waals surface area contributed by atoms with E-state index in [1.807, 2.05) is 6.07 Å². The summed E-state index contributed by atoms with van der Waals surface area (Å²) in [6, 6.07) is 12.2. The molecular weight excluding hydrogens is 228 g/mol. The van der Waals surface area contributed by atoms with Gasteiger partial charge in [0.25, 0.3) is 0 Å². The first kappa shape index (κ1) is 11.8. The van der Waals surface area contributed by atoms with Crippen LogP contribution in [0.5, 0.6) is 5.75 Å². The number of aromatic hydroxyl groups is 1. The molecule has 1 heterocycles. The Labute approximate surface area is 104 Å². The number of hydrogen-bond donors (Lipinski definition) is 2. The van der Waals surface area contributed by atoms with E-state index in [9.17, 15) is 5.11 Å². The number of nitrogens with two attached hydrogens (primary N) is 1. The Kier molecular flexibility index (Phi) is 3.66. The second kappa shape index (κ2) is 5.58. The normalized spacial score (nSPS) is 11.9. The van der Waals surface area contributed by atoms with E-state index >= 15 is 0 Å². The second-order valence-corrected chi connectivity index (χ2v) is 3.50. The highest BCUT2D eigenvalue weighted by atomic mass is 16.3. The Balaban J connectivity index is 2.14. The van der Waals surface area contributed by atoms with Gasteiger partial charge >= 0.3 is 0 Å². The minimum atomic E-state index is 0.146. The number of amidine groups is 1. The van der Waals surface area contributed by atoms with Crippen molar-refractivity contribution in [2.45, 2.75) is 0 Å². The molecule has 0 atom stereocenters. The molecule has 2 aromatic rings. The molecule has 0 fully saturated rings. The Morgan fingerprint density at radius 1 is 1.17 bits per heavy atom. The third kappa shape index (κ3) is 2.91. The summed E-state index contributed by atoms with van der Waals surface area (Å²) in [4.78, 5) is 4.04. The summed E-state index contributed by atoms with van der Waals surface area (Å²) >= 11 is 0. The van der Waals surface area contributed by atoms with Gasteiger partial charge in [-0.3, -0.25) is 4.98 Å². The molecule has 0 saturated carbocycles. The van der Waals surface area contributed by atoms with Crippen LogP contribution in [0.1, 0.15) is 11.3 Å². The molecule has 2 rings (SSSR count). The van der Waals surface area contributed by atoms with Crippen molar-refractivity contribution in [1.82, 2.24) is 4.98 Å². The maximum atomic E-state index is 9.51. The Morgan fingerprint density at radius 2 is 1.94 bits per heavy atom. The number of aromatic nitrogens is 1. The topological polar surface area (TPSA) is 83.9 Å². The molecule has 0 aliphatic rings. The summed E-state index contributed by atoms with van der Waals surface area (Å²) in [5.74, 6) is 0.370. The number of nitrogens with zero attached hydrogens (tertiary/aromatic N) is 3. The SMILES string of the molecule is NC(=N/N=C\c1ccccc1O)c1ccccn1. The third-order valence-corrected chi connectivity index (χ3v) is 2.23. The molecule has 0 bridgehead atoms. The van der Waals surface area contributed by atoms with Crippen LogP contribution in [0.2, 0.25) is 0 Å². The molecule has 1 aromatic heterocycles. The Morgan fingerprint density at radius 3 is 2.67 bits per heavy atom. The Bertz CT molecular complexity index is 579. The minimum Gasteiger partial charge on any atom is -0.507 e. The fourth-order valence-corrected chi connectivity index (χ4v) is 1.32. The lowest BCUT2D eigenvalue weighted by molar-refractivity contribution is 0.474. The number of phenols is 1. The van der Waals surface area contributed by atoms with E-state index in [0.29, 0.717) is 11.3 Å². The monoisotopic (exact) mass is 240 g/mol. The van der Waals surface area contributed by atoms with Gasteiger partial charge in [-0.15, -0.1) is 5.10 Å². The number of benzene rings is 1. The van der Waals surface area contributed by atoms with Gasteiger partial charge in [-0.05, 0) is 24.3 Å². The predicted octanol–water partition coefficient (Wildman–Crippen LogP) is 1.53. The van der Waals surface area contributed by atoms with Crippen LogP contribution in [0.15, 0.2) is 58.9 Å². The summed E-state index contributed by atoms with van der Waals surface area (Å²) in [6.45, 7) is 0. The molecular formula is C13H12N4O. The fraction of sp³-hybridized carbons (Fsp3) is 0. The van der Waals surface area contributed by atoms with Crippen molar-refractivity contribution in [3.05, 3.63) is 59.9 Å². The van der Waals surface area contributed by atoms with Crippen molar-refractivity contribution in [3.63, 3.8) is 0 Å². The molecule has 5 nitrogen and oxygen atoms in total. The summed E-state index contributed by atoms with van der Waals surface area (Å²) in [6.07, 6.45) is 3.07. The zero-order chi connectivity index (χ0) is 12.8. The molecule has 1 aromatic carbocycles. The van der Waals surface area contributed by atoms with E-state index in [1.54, 1.807) is 42.6 Å². The zero-order valence-corrected chi connectivity index (χ0v) is 9.56. The fourth-order valence-electron chi connectivity index (χ4n) is 1.32.